The lowest BCUT2D eigenvalue weighted by atomic mass is 9.78. The quantitative estimate of drug-likeness (QED) is 0.0537. The molecule has 0 spiro atoms. The third-order valence-electron chi connectivity index (χ3n) is 8.66. The average Bonchev–Trinajstić information content (AvgIpc) is 3.24. The van der Waals surface area contributed by atoms with E-state index in [4.69, 9.17) is 11.1 Å². The van der Waals surface area contributed by atoms with Crippen LogP contribution < -0.4 is 42.8 Å². The predicted octanol–water partition coefficient (Wildman–Crippen LogP) is -1.77. The maximum absolute atomic E-state index is 13.9. The van der Waals surface area contributed by atoms with Crippen LogP contribution in [0.15, 0.2) is 78.1 Å². The minimum absolute atomic E-state index is 0.0272. The lowest BCUT2D eigenvalue weighted by molar-refractivity contribution is -0.133. The second kappa shape index (κ2) is 18.8. The van der Waals surface area contributed by atoms with E-state index in [9.17, 15) is 34.1 Å². The number of rotatable bonds is 11. The van der Waals surface area contributed by atoms with Crippen molar-refractivity contribution in [1.82, 2.24) is 37.0 Å². The van der Waals surface area contributed by atoms with E-state index in [0.717, 1.165) is 16.3 Å². The van der Waals surface area contributed by atoms with Gasteiger partial charge in [0.15, 0.2) is 5.96 Å². The Kier molecular flexibility index (Phi) is 14.2. The summed E-state index contributed by atoms with van der Waals surface area (Å²) in [5, 5.41) is 47.6. The fourth-order valence-electron chi connectivity index (χ4n) is 6.14. The highest BCUT2D eigenvalue weighted by Crippen LogP contribution is 2.28. The average molecular weight is 727 g/mol. The van der Waals surface area contributed by atoms with Crippen molar-refractivity contribution >= 4 is 61.3 Å². The van der Waals surface area contributed by atoms with Crippen molar-refractivity contribution < 1.29 is 34.1 Å². The Hall–Kier alpha value is -5.61. The largest absolute Gasteiger partial charge is 0.508 e. The summed E-state index contributed by atoms with van der Waals surface area (Å²) in [4.78, 5) is 68.5. The number of fused-ring (bicyclic) bond motifs is 1. The molecule has 0 bridgehead atoms. The Morgan fingerprint density at radius 3 is 2.32 bits per heavy atom. The summed E-state index contributed by atoms with van der Waals surface area (Å²) in [6.07, 6.45) is 6.93. The standard InChI is InChI=1S/C35H47B2N9O7/c1-35(2)17-21(10-12-24(47)18-35)16-27-32(51)45-29(36-46-37-53)33(52)43-25(8-5-13-40-34(38)39)31(50)44-26(30(49)41-19-28(48)42-27)15-20-9-11-22-6-3-4-7-23(22)14-20/h3-4,6-7,9-12,14,17-18,25-27,29,36-37,46-47,53H,5,8,13,15-16,19H2,1-2H3,(H,41,49)(H,42,48)(H,43,52)(H,44,50)(H,45,51)(H4,38,39,40)/t25?,26-,27-,29-/m0/s1. The van der Waals surface area contributed by atoms with Crippen LogP contribution in [0.25, 0.3) is 10.8 Å². The molecule has 1 saturated heterocycles. The smallest absolute Gasteiger partial charge is 0.346 e. The lowest BCUT2D eigenvalue weighted by Gasteiger charge is -2.26. The first kappa shape index (κ1) is 40.2. The Bertz CT molecular complexity index is 1800. The molecule has 18 heteroatoms. The van der Waals surface area contributed by atoms with Crippen molar-refractivity contribution in [2.75, 3.05) is 13.1 Å². The van der Waals surface area contributed by atoms with Crippen molar-refractivity contribution in [3.8, 4) is 0 Å². The molecule has 2 aromatic carbocycles. The topological polar surface area (TPSA) is 260 Å². The monoisotopic (exact) mass is 727 g/mol. The van der Waals surface area contributed by atoms with Gasteiger partial charge in [-0.1, -0.05) is 68.5 Å². The summed E-state index contributed by atoms with van der Waals surface area (Å²) >= 11 is 0. The number of nitrogens with one attached hydrogen (secondary N) is 8. The Balaban J connectivity index is 1.68. The molecule has 0 saturated carbocycles. The number of carbonyl (C=O) groups excluding carboxylic acids is 5. The molecule has 0 aromatic heterocycles. The first-order chi connectivity index (χ1) is 25.2. The predicted molar refractivity (Wildman–Crippen MR) is 204 cm³/mol. The van der Waals surface area contributed by atoms with Crippen LogP contribution in [0.2, 0.25) is 0 Å². The second-order valence-electron chi connectivity index (χ2n) is 13.6. The molecule has 16 nitrogen and oxygen atoms in total. The molecule has 2 aliphatic rings. The molecular formula is C35H47B2N9O7. The second-order valence-corrected chi connectivity index (χ2v) is 13.6. The molecule has 5 amide bonds. The van der Waals surface area contributed by atoms with Gasteiger partial charge in [-0.05, 0) is 46.9 Å². The van der Waals surface area contributed by atoms with Gasteiger partial charge in [-0.15, -0.1) is 0 Å². The van der Waals surface area contributed by atoms with Crippen molar-refractivity contribution in [1.29, 1.82) is 5.41 Å². The van der Waals surface area contributed by atoms with Crippen LogP contribution in [0, 0.1) is 10.8 Å². The molecule has 0 radical (unpaired) electrons. The Morgan fingerprint density at radius 1 is 0.887 bits per heavy atom. The Labute approximate surface area is 308 Å². The number of carbonyl (C=O) groups is 5. The summed E-state index contributed by atoms with van der Waals surface area (Å²) in [5.41, 5.74) is 6.15. The third-order valence-corrected chi connectivity index (χ3v) is 8.66. The SMILES string of the molecule is CC1(C)C=C(O)C=CC(C[C@@H]2NC(=O)CNC(=O)[C@H](Cc3ccc4ccccc4c3)NC(=O)C(CCCNC(=N)N)NC(=O)[C@@H](BNBO)NC2=O)=C1. The fraction of sp³-hybridized carbons (Fsp3) is 0.371. The zero-order chi connectivity index (χ0) is 38.5. The molecule has 4 atom stereocenters. The molecule has 1 fully saturated rings. The van der Waals surface area contributed by atoms with Gasteiger partial charge in [-0.3, -0.25) is 29.4 Å². The highest BCUT2D eigenvalue weighted by atomic mass is 16.3. The van der Waals surface area contributed by atoms with Crippen LogP contribution in [0.3, 0.4) is 0 Å². The molecular weight excluding hydrogens is 680 g/mol. The molecule has 280 valence electrons. The van der Waals surface area contributed by atoms with Gasteiger partial charge in [0.05, 0.1) is 12.5 Å². The maximum Gasteiger partial charge on any atom is 0.346 e. The highest BCUT2D eigenvalue weighted by Gasteiger charge is 2.33. The number of aliphatic hydroxyl groups excluding tert-OH is 1. The molecule has 12 N–H and O–H groups in total. The van der Waals surface area contributed by atoms with Gasteiger partial charge >= 0.3 is 7.62 Å². The van der Waals surface area contributed by atoms with E-state index in [2.05, 4.69) is 37.0 Å². The van der Waals surface area contributed by atoms with E-state index >= 15 is 0 Å². The number of amides is 5. The van der Waals surface area contributed by atoms with Gasteiger partial charge in [0.25, 0.3) is 0 Å². The zero-order valence-electron chi connectivity index (χ0n) is 29.8. The van der Waals surface area contributed by atoms with Crippen LogP contribution in [-0.2, 0) is 30.4 Å². The number of allylic oxidation sites excluding steroid dienone is 4. The van der Waals surface area contributed by atoms with Crippen LogP contribution in [0.4, 0.5) is 0 Å². The van der Waals surface area contributed by atoms with Gasteiger partial charge in [-0.2, -0.15) is 0 Å². The number of aliphatic hydroxyl groups is 1. The number of nitrogens with two attached hydrogens (primary N) is 1. The molecule has 1 aliphatic carbocycles. The van der Waals surface area contributed by atoms with E-state index < -0.39 is 73.2 Å². The van der Waals surface area contributed by atoms with Gasteiger partial charge in [0, 0.05) is 24.8 Å². The van der Waals surface area contributed by atoms with Crippen molar-refractivity contribution in [3.63, 3.8) is 0 Å². The molecule has 4 rings (SSSR count). The summed E-state index contributed by atoms with van der Waals surface area (Å²) in [6.45, 7) is 3.41. The number of guanidine groups is 1. The van der Waals surface area contributed by atoms with E-state index in [1.807, 2.05) is 62.4 Å². The summed E-state index contributed by atoms with van der Waals surface area (Å²) < 4.78 is 0. The Morgan fingerprint density at radius 2 is 1.58 bits per heavy atom. The van der Waals surface area contributed by atoms with Crippen LogP contribution in [0.1, 0.15) is 38.7 Å². The van der Waals surface area contributed by atoms with Crippen molar-refractivity contribution in [2.45, 2.75) is 63.6 Å². The molecule has 1 unspecified atom stereocenters. The molecule has 1 heterocycles. The highest BCUT2D eigenvalue weighted by molar-refractivity contribution is 6.52. The first-order valence-corrected chi connectivity index (χ1v) is 17.4. The van der Waals surface area contributed by atoms with E-state index in [1.165, 1.54) is 6.08 Å². The molecule has 2 aromatic rings. The lowest BCUT2D eigenvalue weighted by Crippen LogP contribution is -2.61. The summed E-state index contributed by atoms with van der Waals surface area (Å²) in [7, 11) is -0.749. The number of hydrogen-bond donors (Lipinski definition) is 11. The van der Waals surface area contributed by atoms with Gasteiger partial charge < -0.3 is 52.9 Å². The van der Waals surface area contributed by atoms with Gasteiger partial charge in [0.2, 0.25) is 37.0 Å². The van der Waals surface area contributed by atoms with Crippen molar-refractivity contribution in [2.24, 2.45) is 11.1 Å². The normalized spacial score (nSPS) is 22.6. The summed E-state index contributed by atoms with van der Waals surface area (Å²) in [5.74, 6) is -5.11. The van der Waals surface area contributed by atoms with Gasteiger partial charge in [-0.25, -0.2) is 0 Å². The molecule has 53 heavy (non-hydrogen) atoms. The van der Waals surface area contributed by atoms with Crippen LogP contribution in [0.5, 0.6) is 0 Å². The first-order valence-electron chi connectivity index (χ1n) is 17.4. The van der Waals surface area contributed by atoms with E-state index in [-0.39, 0.29) is 51.4 Å². The molecule has 1 aliphatic heterocycles. The minimum atomic E-state index is -1.31. The minimum Gasteiger partial charge on any atom is -0.508 e. The number of hydrogen-bond acceptors (Lipinski definition) is 9. The zero-order valence-corrected chi connectivity index (χ0v) is 29.8. The van der Waals surface area contributed by atoms with Crippen LogP contribution in [-0.4, -0.2) is 97.8 Å². The maximum atomic E-state index is 13.9. The van der Waals surface area contributed by atoms with Crippen LogP contribution >= 0.6 is 0 Å². The van der Waals surface area contributed by atoms with E-state index in [0.29, 0.717) is 5.57 Å². The third kappa shape index (κ3) is 12.5. The number of benzene rings is 2. The fourth-order valence-corrected chi connectivity index (χ4v) is 6.14. The summed E-state index contributed by atoms with van der Waals surface area (Å²) in [6, 6.07) is 9.72. The van der Waals surface area contributed by atoms with E-state index in [1.54, 1.807) is 12.2 Å². The van der Waals surface area contributed by atoms with Gasteiger partial charge in [0.1, 0.15) is 23.9 Å². The van der Waals surface area contributed by atoms with Crippen molar-refractivity contribution in [3.05, 3.63) is 83.7 Å².